The average molecular weight is 206 g/mol. The molecule has 0 bridgehead atoms. The first-order valence-corrected chi connectivity index (χ1v) is 5.23. The Morgan fingerprint density at radius 1 is 1.47 bits per heavy atom. The Morgan fingerprint density at radius 3 is 2.80 bits per heavy atom. The van der Waals surface area contributed by atoms with E-state index in [0.29, 0.717) is 17.9 Å². The second kappa shape index (κ2) is 5.39. The highest BCUT2D eigenvalue weighted by atomic mass is 16.5. The summed E-state index contributed by atoms with van der Waals surface area (Å²) in [6, 6.07) is 5.72. The topological polar surface area (TPSA) is 59.1 Å². The third-order valence-corrected chi connectivity index (χ3v) is 2.18. The van der Waals surface area contributed by atoms with Crippen LogP contribution >= 0.6 is 0 Å². The van der Waals surface area contributed by atoms with E-state index in [9.17, 15) is 0 Å². The molecule has 0 aromatic heterocycles. The van der Waals surface area contributed by atoms with Gasteiger partial charge in [0.25, 0.3) is 0 Å². The van der Waals surface area contributed by atoms with E-state index in [4.69, 9.17) is 15.9 Å². The SMILES string of the molecule is CCCCOc1ccc(C)cc1C(=N)N. The Morgan fingerprint density at radius 2 is 2.20 bits per heavy atom. The summed E-state index contributed by atoms with van der Waals surface area (Å²) in [5.41, 5.74) is 7.26. The number of benzene rings is 1. The van der Waals surface area contributed by atoms with Gasteiger partial charge in [0.15, 0.2) is 0 Å². The maximum absolute atomic E-state index is 7.45. The van der Waals surface area contributed by atoms with E-state index in [1.165, 1.54) is 0 Å². The Kier molecular flexibility index (Phi) is 4.16. The molecule has 3 nitrogen and oxygen atoms in total. The van der Waals surface area contributed by atoms with E-state index in [0.717, 1.165) is 18.4 Å². The van der Waals surface area contributed by atoms with Crippen molar-refractivity contribution in [3.63, 3.8) is 0 Å². The van der Waals surface area contributed by atoms with Crippen LogP contribution in [0.2, 0.25) is 0 Å². The Bertz CT molecular complexity index is 347. The Balaban J connectivity index is 2.81. The second-order valence-corrected chi connectivity index (χ2v) is 3.62. The largest absolute Gasteiger partial charge is 0.493 e. The van der Waals surface area contributed by atoms with Crippen LogP contribution in [0.1, 0.15) is 30.9 Å². The van der Waals surface area contributed by atoms with Gasteiger partial charge in [-0.15, -0.1) is 0 Å². The molecule has 0 amide bonds. The van der Waals surface area contributed by atoms with Gasteiger partial charge >= 0.3 is 0 Å². The average Bonchev–Trinajstić information content (AvgIpc) is 2.20. The maximum atomic E-state index is 7.45. The minimum absolute atomic E-state index is 0.0604. The number of aryl methyl sites for hydroxylation is 1. The van der Waals surface area contributed by atoms with E-state index in [1.807, 2.05) is 25.1 Å². The predicted molar refractivity (Wildman–Crippen MR) is 62.6 cm³/mol. The first kappa shape index (κ1) is 11.6. The predicted octanol–water partition coefficient (Wildman–Crippen LogP) is 2.46. The van der Waals surface area contributed by atoms with Gasteiger partial charge in [-0.25, -0.2) is 0 Å². The first-order chi connectivity index (χ1) is 7.15. The molecule has 1 rings (SSSR count). The maximum Gasteiger partial charge on any atom is 0.130 e. The fourth-order valence-electron chi connectivity index (χ4n) is 1.31. The van der Waals surface area contributed by atoms with Crippen LogP contribution in [0.3, 0.4) is 0 Å². The molecule has 15 heavy (non-hydrogen) atoms. The number of rotatable bonds is 5. The van der Waals surface area contributed by atoms with Crippen molar-refractivity contribution in [2.75, 3.05) is 6.61 Å². The van der Waals surface area contributed by atoms with Crippen LogP contribution in [-0.4, -0.2) is 12.4 Å². The molecule has 82 valence electrons. The summed E-state index contributed by atoms with van der Waals surface area (Å²) >= 11 is 0. The molecular weight excluding hydrogens is 188 g/mol. The number of hydrogen-bond acceptors (Lipinski definition) is 2. The lowest BCUT2D eigenvalue weighted by Crippen LogP contribution is -2.13. The number of unbranched alkanes of at least 4 members (excludes halogenated alkanes) is 1. The van der Waals surface area contributed by atoms with Crippen LogP contribution in [-0.2, 0) is 0 Å². The lowest BCUT2D eigenvalue weighted by molar-refractivity contribution is 0.309. The second-order valence-electron chi connectivity index (χ2n) is 3.62. The van der Waals surface area contributed by atoms with Crippen molar-refractivity contribution in [3.8, 4) is 5.75 Å². The van der Waals surface area contributed by atoms with Gasteiger partial charge in [-0.1, -0.05) is 25.0 Å². The summed E-state index contributed by atoms with van der Waals surface area (Å²) in [6.45, 7) is 4.77. The van der Waals surface area contributed by atoms with Crippen molar-refractivity contribution in [1.29, 1.82) is 5.41 Å². The van der Waals surface area contributed by atoms with Gasteiger partial charge in [0, 0.05) is 0 Å². The van der Waals surface area contributed by atoms with Crippen molar-refractivity contribution in [2.24, 2.45) is 5.73 Å². The van der Waals surface area contributed by atoms with Crippen LogP contribution < -0.4 is 10.5 Å². The van der Waals surface area contributed by atoms with Crippen LogP contribution in [0.4, 0.5) is 0 Å². The molecule has 0 radical (unpaired) electrons. The number of nitrogen functional groups attached to an aromatic ring is 1. The van der Waals surface area contributed by atoms with E-state index >= 15 is 0 Å². The van der Waals surface area contributed by atoms with Gasteiger partial charge in [0.2, 0.25) is 0 Å². The molecule has 3 N–H and O–H groups in total. The zero-order chi connectivity index (χ0) is 11.3. The fourth-order valence-corrected chi connectivity index (χ4v) is 1.31. The number of amidine groups is 1. The molecule has 0 spiro atoms. The highest BCUT2D eigenvalue weighted by Crippen LogP contribution is 2.19. The van der Waals surface area contributed by atoms with Gasteiger partial charge in [-0.2, -0.15) is 0 Å². The molecule has 0 heterocycles. The molecule has 0 unspecified atom stereocenters. The third-order valence-electron chi connectivity index (χ3n) is 2.18. The quantitative estimate of drug-likeness (QED) is 0.441. The number of nitrogens with one attached hydrogen (secondary N) is 1. The van der Waals surface area contributed by atoms with Gasteiger partial charge in [-0.05, 0) is 25.5 Å². The molecule has 1 aromatic carbocycles. The van der Waals surface area contributed by atoms with Gasteiger partial charge in [0.05, 0.1) is 12.2 Å². The zero-order valence-electron chi connectivity index (χ0n) is 9.34. The van der Waals surface area contributed by atoms with Crippen molar-refractivity contribution >= 4 is 5.84 Å². The molecule has 0 fully saturated rings. The molecule has 0 atom stereocenters. The van der Waals surface area contributed by atoms with Crippen LogP contribution in [0.5, 0.6) is 5.75 Å². The van der Waals surface area contributed by atoms with Gasteiger partial charge in [0.1, 0.15) is 11.6 Å². The molecule has 1 aromatic rings. The summed E-state index contributed by atoms with van der Waals surface area (Å²) in [7, 11) is 0. The highest BCUT2D eigenvalue weighted by Gasteiger charge is 2.06. The van der Waals surface area contributed by atoms with Crippen molar-refractivity contribution in [1.82, 2.24) is 0 Å². The smallest absolute Gasteiger partial charge is 0.130 e. The summed E-state index contributed by atoms with van der Waals surface area (Å²) in [5, 5.41) is 7.45. The zero-order valence-corrected chi connectivity index (χ0v) is 9.34. The van der Waals surface area contributed by atoms with Crippen LogP contribution in [0, 0.1) is 12.3 Å². The molecule has 0 aliphatic heterocycles. The van der Waals surface area contributed by atoms with Crippen LogP contribution in [0.25, 0.3) is 0 Å². The molecule has 0 saturated carbocycles. The first-order valence-electron chi connectivity index (χ1n) is 5.23. The van der Waals surface area contributed by atoms with Crippen molar-refractivity contribution in [2.45, 2.75) is 26.7 Å². The lowest BCUT2D eigenvalue weighted by Gasteiger charge is -2.10. The molecule has 0 saturated heterocycles. The minimum Gasteiger partial charge on any atom is -0.493 e. The van der Waals surface area contributed by atoms with Crippen molar-refractivity contribution < 1.29 is 4.74 Å². The summed E-state index contributed by atoms with van der Waals surface area (Å²) < 4.78 is 5.57. The third kappa shape index (κ3) is 3.27. The molecule has 0 aliphatic rings. The number of ether oxygens (including phenoxy) is 1. The fraction of sp³-hybridized carbons (Fsp3) is 0.417. The van der Waals surface area contributed by atoms with Gasteiger partial charge in [-0.3, -0.25) is 5.41 Å². The van der Waals surface area contributed by atoms with Crippen LogP contribution in [0.15, 0.2) is 18.2 Å². The molecule has 0 aliphatic carbocycles. The molecular formula is C12H18N2O. The monoisotopic (exact) mass is 206 g/mol. The summed E-state index contributed by atoms with van der Waals surface area (Å²) in [4.78, 5) is 0. The standard InChI is InChI=1S/C12H18N2O/c1-3-4-7-15-11-6-5-9(2)8-10(11)12(13)14/h5-6,8H,3-4,7H2,1-2H3,(H3,13,14). The normalized spacial score (nSPS) is 10.0. The Hall–Kier alpha value is -1.51. The van der Waals surface area contributed by atoms with E-state index < -0.39 is 0 Å². The minimum atomic E-state index is 0.0604. The van der Waals surface area contributed by atoms with E-state index in [2.05, 4.69) is 6.92 Å². The van der Waals surface area contributed by atoms with E-state index in [-0.39, 0.29) is 5.84 Å². The number of nitrogens with two attached hydrogens (primary N) is 1. The number of hydrogen-bond donors (Lipinski definition) is 2. The lowest BCUT2D eigenvalue weighted by atomic mass is 10.1. The summed E-state index contributed by atoms with van der Waals surface area (Å²) in [6.07, 6.45) is 2.12. The van der Waals surface area contributed by atoms with E-state index in [1.54, 1.807) is 0 Å². The van der Waals surface area contributed by atoms with Gasteiger partial charge < -0.3 is 10.5 Å². The summed E-state index contributed by atoms with van der Waals surface area (Å²) in [5.74, 6) is 0.770. The Labute approximate surface area is 90.8 Å². The molecule has 3 heteroatoms. The highest BCUT2D eigenvalue weighted by molar-refractivity contribution is 5.97. The van der Waals surface area contributed by atoms with Crippen molar-refractivity contribution in [3.05, 3.63) is 29.3 Å².